The summed E-state index contributed by atoms with van der Waals surface area (Å²) in [7, 11) is 1.46. The number of aromatic nitrogens is 2. The number of carbonyl (C=O) groups excluding carboxylic acids is 1. The van der Waals surface area contributed by atoms with Gasteiger partial charge in [0.15, 0.2) is 23.9 Å². The molecule has 0 unspecified atom stereocenters. The first-order valence-corrected chi connectivity index (χ1v) is 11.6. The highest BCUT2D eigenvalue weighted by molar-refractivity contribution is 6.31. The lowest BCUT2D eigenvalue weighted by molar-refractivity contribution is -0.149. The molecule has 0 aliphatic carbocycles. The molecule has 0 amide bonds. The molecule has 0 saturated carbocycles. The number of methoxy groups -OCH3 is 1. The number of esters is 1. The lowest BCUT2D eigenvalue weighted by atomic mass is 10.2. The zero-order valence-corrected chi connectivity index (χ0v) is 20.7. The molecule has 4 rings (SSSR count). The molecule has 0 N–H and O–H groups in total. The molecule has 1 heterocycles. The van der Waals surface area contributed by atoms with Crippen LogP contribution in [0.25, 0.3) is 22.3 Å². The first kappa shape index (κ1) is 24.9. The van der Waals surface area contributed by atoms with E-state index in [1.165, 1.54) is 18.0 Å². The minimum absolute atomic E-state index is 0.231. The van der Waals surface area contributed by atoms with Crippen LogP contribution in [0.1, 0.15) is 19.4 Å². The maximum Gasteiger partial charge on any atom is 0.344 e. The first-order valence-electron chi connectivity index (χ1n) is 11.2. The summed E-state index contributed by atoms with van der Waals surface area (Å²) in [6.07, 6.45) is 1.14. The number of carbonyl (C=O) groups is 1. The monoisotopic (exact) mass is 505 g/mol. The highest BCUT2D eigenvalue weighted by Gasteiger charge is 2.16. The van der Waals surface area contributed by atoms with Crippen molar-refractivity contribution in [3.8, 4) is 22.9 Å². The molecule has 0 aliphatic heterocycles. The maximum atomic E-state index is 13.4. The zero-order chi connectivity index (χ0) is 25.7. The van der Waals surface area contributed by atoms with Crippen LogP contribution in [0.5, 0.6) is 11.5 Å². The van der Waals surface area contributed by atoms with E-state index in [0.717, 1.165) is 0 Å². The van der Waals surface area contributed by atoms with Crippen LogP contribution in [0.2, 0.25) is 5.02 Å². The van der Waals surface area contributed by atoms with Gasteiger partial charge in [0, 0.05) is 22.2 Å². The molecule has 184 valence electrons. The number of halogens is 1. The quantitative estimate of drug-likeness (QED) is 0.249. The summed E-state index contributed by atoms with van der Waals surface area (Å²) >= 11 is 6.28. The first-order chi connectivity index (χ1) is 17.4. The summed E-state index contributed by atoms with van der Waals surface area (Å²) in [5, 5.41) is 5.24. The number of ether oxygens (including phenoxy) is 3. The summed E-state index contributed by atoms with van der Waals surface area (Å²) < 4.78 is 17.5. The van der Waals surface area contributed by atoms with Crippen molar-refractivity contribution >= 4 is 34.7 Å². The Kier molecular flexibility index (Phi) is 7.65. The smallest absolute Gasteiger partial charge is 0.344 e. The summed E-state index contributed by atoms with van der Waals surface area (Å²) in [6.45, 7) is 3.15. The molecule has 36 heavy (non-hydrogen) atoms. The Balaban J connectivity index is 1.81. The van der Waals surface area contributed by atoms with Gasteiger partial charge in [0.25, 0.3) is 5.56 Å². The fourth-order valence-electron chi connectivity index (χ4n) is 3.54. The van der Waals surface area contributed by atoms with Crippen LogP contribution in [0.3, 0.4) is 0 Å². The second-order valence-electron chi connectivity index (χ2n) is 8.03. The molecule has 0 radical (unpaired) electrons. The molecule has 4 aromatic rings. The van der Waals surface area contributed by atoms with Gasteiger partial charge in [-0.1, -0.05) is 54.1 Å². The van der Waals surface area contributed by atoms with Crippen LogP contribution in [-0.2, 0) is 9.53 Å². The molecule has 0 atom stereocenters. The van der Waals surface area contributed by atoms with Gasteiger partial charge in [0.05, 0.1) is 30.3 Å². The maximum absolute atomic E-state index is 13.4. The molecule has 0 saturated heterocycles. The Bertz CT molecular complexity index is 1480. The molecule has 0 fully saturated rings. The van der Waals surface area contributed by atoms with Crippen LogP contribution in [0, 0.1) is 0 Å². The van der Waals surface area contributed by atoms with Crippen molar-refractivity contribution in [2.45, 2.75) is 20.0 Å². The number of rotatable bonds is 8. The molecule has 3 aromatic carbocycles. The molecule has 0 bridgehead atoms. The molecule has 1 aromatic heterocycles. The molecule has 0 spiro atoms. The number of para-hydroxylation sites is 1. The average Bonchev–Trinajstić information content (AvgIpc) is 2.87. The van der Waals surface area contributed by atoms with E-state index in [1.807, 2.05) is 36.4 Å². The topological polar surface area (TPSA) is 92.0 Å². The minimum Gasteiger partial charge on any atom is -0.493 e. The Morgan fingerprint density at radius 2 is 1.83 bits per heavy atom. The van der Waals surface area contributed by atoms with E-state index in [1.54, 1.807) is 44.2 Å². The van der Waals surface area contributed by atoms with E-state index < -0.39 is 5.97 Å². The number of benzene rings is 3. The van der Waals surface area contributed by atoms with Crippen LogP contribution in [0.15, 0.2) is 76.6 Å². The third-order valence-corrected chi connectivity index (χ3v) is 5.29. The van der Waals surface area contributed by atoms with Crippen molar-refractivity contribution in [1.29, 1.82) is 0 Å². The fourth-order valence-corrected chi connectivity index (χ4v) is 3.76. The normalized spacial score (nSPS) is 11.2. The third kappa shape index (κ3) is 5.55. The van der Waals surface area contributed by atoms with Crippen molar-refractivity contribution in [1.82, 2.24) is 9.66 Å². The van der Waals surface area contributed by atoms with Gasteiger partial charge in [-0.25, -0.2) is 9.78 Å². The van der Waals surface area contributed by atoms with E-state index in [-0.39, 0.29) is 24.0 Å². The number of nitrogens with zero attached hydrogens (tertiary/aromatic N) is 3. The highest BCUT2D eigenvalue weighted by Crippen LogP contribution is 2.34. The predicted octanol–water partition coefficient (Wildman–Crippen LogP) is 4.94. The van der Waals surface area contributed by atoms with Crippen molar-refractivity contribution in [3.63, 3.8) is 0 Å². The van der Waals surface area contributed by atoms with E-state index in [2.05, 4.69) is 10.1 Å². The van der Waals surface area contributed by atoms with Crippen molar-refractivity contribution in [2.75, 3.05) is 13.7 Å². The standard InChI is InChI=1S/C27H24ClN3O5/c1-17(2)36-24(32)16-35-25-19(13-20(28)14-23(25)34-3)15-29-31-26(18-9-5-4-6-10-18)30-22-12-8-7-11-21(22)27(31)33/h4-15,17H,16H2,1-3H3. The SMILES string of the molecule is COc1cc(Cl)cc(C=Nn2c(-c3ccccc3)nc3ccccc3c2=O)c1OCC(=O)OC(C)C. The Morgan fingerprint density at radius 3 is 2.56 bits per heavy atom. The zero-order valence-electron chi connectivity index (χ0n) is 20.0. The second kappa shape index (κ2) is 11.0. The van der Waals surface area contributed by atoms with Gasteiger partial charge in [-0.3, -0.25) is 4.79 Å². The van der Waals surface area contributed by atoms with E-state index in [9.17, 15) is 9.59 Å². The molecule has 0 aliphatic rings. The van der Waals surface area contributed by atoms with Gasteiger partial charge in [0.1, 0.15) is 0 Å². The second-order valence-corrected chi connectivity index (χ2v) is 8.47. The number of hydrogen-bond donors (Lipinski definition) is 0. The Hall–Kier alpha value is -4.17. The van der Waals surface area contributed by atoms with Crippen molar-refractivity contribution in [2.24, 2.45) is 5.10 Å². The summed E-state index contributed by atoms with van der Waals surface area (Å²) in [6, 6.07) is 19.5. The van der Waals surface area contributed by atoms with Crippen LogP contribution in [0.4, 0.5) is 0 Å². The van der Waals surface area contributed by atoms with Gasteiger partial charge >= 0.3 is 5.97 Å². The van der Waals surface area contributed by atoms with E-state index in [0.29, 0.717) is 38.6 Å². The number of hydrogen-bond acceptors (Lipinski definition) is 7. The lowest BCUT2D eigenvalue weighted by Gasteiger charge is -2.15. The van der Waals surface area contributed by atoms with Gasteiger partial charge in [-0.15, -0.1) is 0 Å². The Labute approximate surface area is 212 Å². The summed E-state index contributed by atoms with van der Waals surface area (Å²) in [5.41, 5.74) is 1.34. The van der Waals surface area contributed by atoms with Gasteiger partial charge in [-0.05, 0) is 32.0 Å². The average molecular weight is 506 g/mol. The van der Waals surface area contributed by atoms with Gasteiger partial charge in [0.2, 0.25) is 0 Å². The molecule has 8 nitrogen and oxygen atoms in total. The van der Waals surface area contributed by atoms with E-state index >= 15 is 0 Å². The van der Waals surface area contributed by atoms with Crippen molar-refractivity contribution < 1.29 is 19.0 Å². The molecule has 9 heteroatoms. The van der Waals surface area contributed by atoms with Crippen LogP contribution < -0.4 is 15.0 Å². The largest absolute Gasteiger partial charge is 0.493 e. The fraction of sp³-hybridized carbons (Fsp3) is 0.185. The van der Waals surface area contributed by atoms with Crippen LogP contribution >= 0.6 is 11.6 Å². The lowest BCUT2D eigenvalue weighted by Crippen LogP contribution is -2.21. The molecular weight excluding hydrogens is 482 g/mol. The number of fused-ring (bicyclic) bond motifs is 1. The van der Waals surface area contributed by atoms with Crippen molar-refractivity contribution in [3.05, 3.63) is 87.7 Å². The highest BCUT2D eigenvalue weighted by atomic mass is 35.5. The van der Waals surface area contributed by atoms with Crippen LogP contribution in [-0.4, -0.2) is 41.7 Å². The van der Waals surface area contributed by atoms with Gasteiger partial charge in [-0.2, -0.15) is 9.78 Å². The molecular formula is C27H24ClN3O5. The third-order valence-electron chi connectivity index (χ3n) is 5.07. The minimum atomic E-state index is -0.536. The summed E-state index contributed by atoms with van der Waals surface area (Å²) in [4.78, 5) is 30.1. The van der Waals surface area contributed by atoms with Gasteiger partial charge < -0.3 is 14.2 Å². The summed E-state index contributed by atoms with van der Waals surface area (Å²) in [5.74, 6) is 0.363. The van der Waals surface area contributed by atoms with E-state index in [4.69, 9.17) is 25.8 Å². The predicted molar refractivity (Wildman–Crippen MR) is 139 cm³/mol. The Morgan fingerprint density at radius 1 is 1.11 bits per heavy atom.